The second-order valence-corrected chi connectivity index (χ2v) is 0.904. The molecule has 0 saturated carbocycles. The third kappa shape index (κ3) is 2.74. The summed E-state index contributed by atoms with van der Waals surface area (Å²) in [5, 5.41) is 0. The third-order valence-corrected chi connectivity index (χ3v) is 0.478. The summed E-state index contributed by atoms with van der Waals surface area (Å²) in [6.45, 7) is 0. The number of aromatic nitrogens is 2. The van der Waals surface area contributed by atoms with Crippen molar-refractivity contribution >= 4 is 29.6 Å². The fourth-order valence-corrected chi connectivity index (χ4v) is 0.253. The molecule has 0 atom stereocenters. The SMILES string of the molecule is [NaH].c1cncnc1. The quantitative estimate of drug-likeness (QED) is 0.427. The van der Waals surface area contributed by atoms with Crippen molar-refractivity contribution in [2.75, 3.05) is 0 Å². The molecule has 0 amide bonds. The fraction of sp³-hybridized carbons (Fsp3) is 0. The first-order valence-corrected chi connectivity index (χ1v) is 1.70. The van der Waals surface area contributed by atoms with Gasteiger partial charge in [0.05, 0.1) is 0 Å². The molecular weight excluding hydrogens is 99.0 g/mol. The van der Waals surface area contributed by atoms with Crippen molar-refractivity contribution in [3.05, 3.63) is 24.8 Å². The molecule has 0 fully saturated rings. The van der Waals surface area contributed by atoms with Gasteiger partial charge in [-0.3, -0.25) is 0 Å². The molecule has 1 rings (SSSR count). The van der Waals surface area contributed by atoms with Gasteiger partial charge in [-0.1, -0.05) is 0 Å². The molecular formula is C4H5N2Na. The van der Waals surface area contributed by atoms with Crippen LogP contribution in [0.5, 0.6) is 0 Å². The molecule has 0 spiro atoms. The van der Waals surface area contributed by atoms with Crippen LogP contribution < -0.4 is 0 Å². The third-order valence-electron chi connectivity index (χ3n) is 0.478. The van der Waals surface area contributed by atoms with E-state index in [0.29, 0.717) is 0 Å². The van der Waals surface area contributed by atoms with Gasteiger partial charge in [-0.05, 0) is 6.07 Å². The summed E-state index contributed by atoms with van der Waals surface area (Å²) in [6.07, 6.45) is 4.88. The van der Waals surface area contributed by atoms with Crippen molar-refractivity contribution in [1.82, 2.24) is 9.97 Å². The summed E-state index contributed by atoms with van der Waals surface area (Å²) >= 11 is 0. The average Bonchev–Trinajstić information content (AvgIpc) is 1.72. The maximum absolute atomic E-state index is 3.67. The molecule has 7 heavy (non-hydrogen) atoms. The Morgan fingerprint density at radius 1 is 1.00 bits per heavy atom. The Hall–Kier alpha value is 0.0800. The molecule has 1 heterocycles. The van der Waals surface area contributed by atoms with E-state index in [0.717, 1.165) is 0 Å². The Balaban J connectivity index is 0.000000360. The molecule has 0 N–H and O–H groups in total. The van der Waals surface area contributed by atoms with Gasteiger partial charge in [0.15, 0.2) is 0 Å². The van der Waals surface area contributed by atoms with E-state index in [1.54, 1.807) is 18.5 Å². The summed E-state index contributed by atoms with van der Waals surface area (Å²) in [5.41, 5.74) is 0. The molecule has 0 bridgehead atoms. The molecule has 0 aliphatic rings. The molecule has 0 aliphatic heterocycles. The van der Waals surface area contributed by atoms with Crippen LogP contribution in [-0.4, -0.2) is 39.5 Å². The zero-order valence-corrected chi connectivity index (χ0v) is 3.20. The van der Waals surface area contributed by atoms with Gasteiger partial charge in [0.2, 0.25) is 0 Å². The number of hydrogen-bond donors (Lipinski definition) is 0. The molecule has 32 valence electrons. The summed E-state index contributed by atoms with van der Waals surface area (Å²) in [6, 6.07) is 1.78. The van der Waals surface area contributed by atoms with Crippen LogP contribution in [0.1, 0.15) is 0 Å². The molecule has 1 aromatic rings. The van der Waals surface area contributed by atoms with Crippen LogP contribution in [0, 0.1) is 0 Å². The Morgan fingerprint density at radius 3 is 1.71 bits per heavy atom. The number of hydrogen-bond acceptors (Lipinski definition) is 2. The van der Waals surface area contributed by atoms with E-state index in [1.165, 1.54) is 6.33 Å². The largest absolute Gasteiger partial charge is 0.245 e. The van der Waals surface area contributed by atoms with E-state index in [9.17, 15) is 0 Å². The summed E-state index contributed by atoms with van der Waals surface area (Å²) < 4.78 is 0. The molecule has 0 saturated heterocycles. The fourth-order valence-electron chi connectivity index (χ4n) is 0.253. The average molecular weight is 104 g/mol. The standard InChI is InChI=1S/C4H4N2.Na.H/c1-2-5-4-6-3-1;;/h1-4H;;. The monoisotopic (exact) mass is 104 g/mol. The Morgan fingerprint density at radius 2 is 1.57 bits per heavy atom. The van der Waals surface area contributed by atoms with Crippen LogP contribution >= 0.6 is 0 Å². The molecule has 0 unspecified atom stereocenters. The minimum absolute atomic E-state index is 0. The van der Waals surface area contributed by atoms with Gasteiger partial charge < -0.3 is 0 Å². The van der Waals surface area contributed by atoms with Crippen LogP contribution in [0.2, 0.25) is 0 Å². The second-order valence-electron chi connectivity index (χ2n) is 0.904. The first-order chi connectivity index (χ1) is 3.00. The van der Waals surface area contributed by atoms with Crippen LogP contribution in [0.25, 0.3) is 0 Å². The minimum atomic E-state index is 0. The van der Waals surface area contributed by atoms with Gasteiger partial charge in [-0.2, -0.15) is 0 Å². The van der Waals surface area contributed by atoms with Crippen LogP contribution in [-0.2, 0) is 0 Å². The molecule has 2 nitrogen and oxygen atoms in total. The second kappa shape index (κ2) is 4.24. The van der Waals surface area contributed by atoms with Crippen molar-refractivity contribution in [2.24, 2.45) is 0 Å². The smallest absolute Gasteiger partial charge is 0.115 e. The van der Waals surface area contributed by atoms with Crippen LogP contribution in [0.15, 0.2) is 24.8 Å². The van der Waals surface area contributed by atoms with E-state index >= 15 is 0 Å². The summed E-state index contributed by atoms with van der Waals surface area (Å²) in [5.74, 6) is 0. The maximum atomic E-state index is 3.67. The van der Waals surface area contributed by atoms with Crippen molar-refractivity contribution in [2.45, 2.75) is 0 Å². The molecule has 3 heteroatoms. The molecule has 0 radical (unpaired) electrons. The molecule has 1 aromatic heterocycles. The first kappa shape index (κ1) is 7.08. The van der Waals surface area contributed by atoms with E-state index in [-0.39, 0.29) is 29.6 Å². The Kier molecular flexibility index (Phi) is 4.29. The molecule has 0 aromatic carbocycles. The van der Waals surface area contributed by atoms with Gasteiger partial charge in [-0.15, -0.1) is 0 Å². The van der Waals surface area contributed by atoms with Gasteiger partial charge in [-0.25, -0.2) is 9.97 Å². The maximum Gasteiger partial charge on any atom is 0.115 e. The van der Waals surface area contributed by atoms with Gasteiger partial charge in [0.25, 0.3) is 0 Å². The van der Waals surface area contributed by atoms with Gasteiger partial charge >= 0.3 is 29.6 Å². The Bertz CT molecular complexity index is 81.6. The predicted molar refractivity (Wildman–Crippen MR) is 29.2 cm³/mol. The zero-order valence-electron chi connectivity index (χ0n) is 3.20. The summed E-state index contributed by atoms with van der Waals surface area (Å²) in [4.78, 5) is 7.35. The van der Waals surface area contributed by atoms with E-state index in [1.807, 2.05) is 0 Å². The van der Waals surface area contributed by atoms with Crippen LogP contribution in [0.3, 0.4) is 0 Å². The van der Waals surface area contributed by atoms with E-state index in [2.05, 4.69) is 9.97 Å². The first-order valence-electron chi connectivity index (χ1n) is 1.70. The molecule has 0 aliphatic carbocycles. The zero-order chi connectivity index (χ0) is 4.24. The van der Waals surface area contributed by atoms with Crippen LogP contribution in [0.4, 0.5) is 0 Å². The van der Waals surface area contributed by atoms with E-state index < -0.39 is 0 Å². The van der Waals surface area contributed by atoms with Gasteiger partial charge in [0.1, 0.15) is 6.33 Å². The normalized spacial score (nSPS) is 6.86. The Labute approximate surface area is 64.3 Å². The predicted octanol–water partition coefficient (Wildman–Crippen LogP) is -0.172. The van der Waals surface area contributed by atoms with Crippen molar-refractivity contribution in [3.8, 4) is 0 Å². The number of rotatable bonds is 0. The van der Waals surface area contributed by atoms with Crippen molar-refractivity contribution in [3.63, 3.8) is 0 Å². The van der Waals surface area contributed by atoms with Gasteiger partial charge in [0, 0.05) is 12.4 Å². The summed E-state index contributed by atoms with van der Waals surface area (Å²) in [7, 11) is 0. The van der Waals surface area contributed by atoms with Crippen molar-refractivity contribution < 1.29 is 0 Å². The number of nitrogens with zero attached hydrogens (tertiary/aromatic N) is 2. The minimum Gasteiger partial charge on any atom is -0.245 e. The topological polar surface area (TPSA) is 25.8 Å². The van der Waals surface area contributed by atoms with Crippen molar-refractivity contribution in [1.29, 1.82) is 0 Å². The van der Waals surface area contributed by atoms with E-state index in [4.69, 9.17) is 0 Å².